The summed E-state index contributed by atoms with van der Waals surface area (Å²) in [6, 6.07) is 2.15. The standard InChI is InChI=1S/C24H27N3O7/c1-26(2)18-12-9-10-8-11-13(27-6-3-7-27)4-5-14(28)16(11)19(29)15(10)21(31)24(12,34)22(32)17(20(18)30)23(25)33/h4-5,10,12,18,28-29,32,34H,3,6-9H2,1-2H3,(H2,25,33)/t10-,12-,18+,24-/m0/s1. The molecule has 0 radical (unpaired) electrons. The number of phenolic OH excluding ortho intramolecular Hbond substituents is 1. The Morgan fingerprint density at radius 3 is 2.41 bits per heavy atom. The number of Topliss-reactive ketones (excluding diaryl/α,β-unsaturated/α-hetero) is 2. The number of primary amides is 1. The Labute approximate surface area is 195 Å². The van der Waals surface area contributed by atoms with E-state index in [9.17, 15) is 34.8 Å². The first-order chi connectivity index (χ1) is 16.0. The van der Waals surface area contributed by atoms with Gasteiger partial charge in [0.05, 0.1) is 11.6 Å². The number of nitrogens with two attached hydrogens (primary N) is 1. The Bertz CT molecular complexity index is 1210. The molecule has 180 valence electrons. The molecule has 0 bridgehead atoms. The minimum Gasteiger partial charge on any atom is -0.508 e. The van der Waals surface area contributed by atoms with Crippen LogP contribution in [0.5, 0.6) is 5.75 Å². The van der Waals surface area contributed by atoms with E-state index in [2.05, 4.69) is 4.90 Å². The van der Waals surface area contributed by atoms with Gasteiger partial charge in [0, 0.05) is 30.3 Å². The number of aliphatic hydroxyl groups is 3. The number of carbonyl (C=O) groups is 3. The number of phenols is 1. The Hall–Kier alpha value is -3.37. The van der Waals surface area contributed by atoms with Crippen LogP contribution in [0.1, 0.15) is 24.0 Å². The highest BCUT2D eigenvalue weighted by Gasteiger charge is 2.64. The summed E-state index contributed by atoms with van der Waals surface area (Å²) < 4.78 is 0. The van der Waals surface area contributed by atoms with Crippen LogP contribution in [-0.4, -0.2) is 81.6 Å². The van der Waals surface area contributed by atoms with Gasteiger partial charge in [0.1, 0.15) is 22.8 Å². The zero-order valence-corrected chi connectivity index (χ0v) is 18.9. The van der Waals surface area contributed by atoms with Crippen molar-refractivity contribution in [2.75, 3.05) is 32.1 Å². The van der Waals surface area contributed by atoms with Crippen molar-refractivity contribution < 1.29 is 34.8 Å². The maximum Gasteiger partial charge on any atom is 0.255 e. The van der Waals surface area contributed by atoms with Crippen molar-refractivity contribution >= 4 is 28.9 Å². The summed E-state index contributed by atoms with van der Waals surface area (Å²) in [4.78, 5) is 42.5. The van der Waals surface area contributed by atoms with E-state index in [0.717, 1.165) is 25.2 Å². The Kier molecular flexibility index (Phi) is 4.82. The summed E-state index contributed by atoms with van der Waals surface area (Å²) in [6.45, 7) is 1.68. The molecule has 4 aliphatic rings. The normalized spacial score (nSPS) is 30.7. The number of amides is 1. The van der Waals surface area contributed by atoms with Crippen molar-refractivity contribution in [1.82, 2.24) is 4.90 Å². The third kappa shape index (κ3) is 2.72. The molecule has 34 heavy (non-hydrogen) atoms. The predicted molar refractivity (Wildman–Crippen MR) is 121 cm³/mol. The van der Waals surface area contributed by atoms with E-state index in [1.807, 2.05) is 0 Å². The third-order valence-electron chi connectivity index (χ3n) is 7.78. The van der Waals surface area contributed by atoms with Gasteiger partial charge >= 0.3 is 0 Å². The third-order valence-corrected chi connectivity index (χ3v) is 7.78. The van der Waals surface area contributed by atoms with Gasteiger partial charge in [-0.25, -0.2) is 0 Å². The summed E-state index contributed by atoms with van der Waals surface area (Å²) in [5.41, 5.74) is 3.44. The van der Waals surface area contributed by atoms with E-state index in [-0.39, 0.29) is 23.3 Å². The van der Waals surface area contributed by atoms with Crippen LogP contribution in [0.25, 0.3) is 5.76 Å². The minimum absolute atomic E-state index is 0.0842. The van der Waals surface area contributed by atoms with Crippen molar-refractivity contribution in [3.05, 3.63) is 40.2 Å². The molecule has 10 heteroatoms. The number of rotatable bonds is 3. The lowest BCUT2D eigenvalue weighted by Crippen LogP contribution is -2.65. The quantitative estimate of drug-likeness (QED) is 0.388. The molecule has 10 nitrogen and oxygen atoms in total. The highest BCUT2D eigenvalue weighted by Crippen LogP contribution is 2.53. The molecule has 4 atom stereocenters. The van der Waals surface area contributed by atoms with Crippen LogP contribution in [0, 0.1) is 11.8 Å². The highest BCUT2D eigenvalue weighted by molar-refractivity contribution is 6.24. The van der Waals surface area contributed by atoms with Gasteiger partial charge in [-0.3, -0.25) is 19.3 Å². The number of benzene rings is 1. The number of anilines is 1. The summed E-state index contributed by atoms with van der Waals surface area (Å²) in [5, 5.41) is 44.2. The zero-order chi connectivity index (χ0) is 24.7. The van der Waals surface area contributed by atoms with Crippen molar-refractivity contribution in [1.29, 1.82) is 0 Å². The van der Waals surface area contributed by atoms with Crippen LogP contribution >= 0.6 is 0 Å². The fourth-order valence-corrected chi connectivity index (χ4v) is 6.08. The molecule has 1 aromatic rings. The van der Waals surface area contributed by atoms with E-state index < -0.39 is 58.0 Å². The predicted octanol–water partition coefficient (Wildman–Crippen LogP) is 0.174. The molecule has 1 saturated heterocycles. The van der Waals surface area contributed by atoms with Crippen molar-refractivity contribution in [2.45, 2.75) is 30.9 Å². The number of hydrogen-bond acceptors (Lipinski definition) is 9. The number of aromatic hydroxyl groups is 1. The lowest BCUT2D eigenvalue weighted by atomic mass is 9.57. The number of nitrogens with zero attached hydrogens (tertiary/aromatic N) is 2. The fourth-order valence-electron chi connectivity index (χ4n) is 6.08. The van der Waals surface area contributed by atoms with Gasteiger partial charge in [0.2, 0.25) is 5.78 Å². The van der Waals surface area contributed by atoms with Crippen LogP contribution in [0.2, 0.25) is 0 Å². The van der Waals surface area contributed by atoms with Gasteiger partial charge in [-0.15, -0.1) is 0 Å². The van der Waals surface area contributed by atoms with Gasteiger partial charge in [-0.05, 0) is 57.0 Å². The highest BCUT2D eigenvalue weighted by atomic mass is 16.3. The molecule has 0 aromatic heterocycles. The number of likely N-dealkylation sites (N-methyl/N-ethyl adjacent to an activating group) is 1. The number of ketones is 2. The molecule has 1 heterocycles. The minimum atomic E-state index is -2.62. The maximum absolute atomic E-state index is 13.8. The summed E-state index contributed by atoms with van der Waals surface area (Å²) >= 11 is 0. The monoisotopic (exact) mass is 469 g/mol. The zero-order valence-electron chi connectivity index (χ0n) is 18.9. The molecular weight excluding hydrogens is 442 g/mol. The van der Waals surface area contributed by atoms with Gasteiger partial charge in [-0.1, -0.05) is 0 Å². The van der Waals surface area contributed by atoms with Crippen LogP contribution in [0.4, 0.5) is 5.69 Å². The molecule has 1 aliphatic heterocycles. The van der Waals surface area contributed by atoms with Crippen LogP contribution < -0.4 is 10.6 Å². The average molecular weight is 469 g/mol. The topological polar surface area (TPSA) is 165 Å². The van der Waals surface area contributed by atoms with Gasteiger partial charge in [-0.2, -0.15) is 0 Å². The average Bonchev–Trinajstić information content (AvgIpc) is 2.70. The van der Waals surface area contributed by atoms with Crippen LogP contribution in [0.15, 0.2) is 29.0 Å². The van der Waals surface area contributed by atoms with E-state index in [1.54, 1.807) is 20.2 Å². The van der Waals surface area contributed by atoms with Gasteiger partial charge in [0.25, 0.3) is 5.91 Å². The SMILES string of the molecule is CN(C)[C@H]1C(=O)C(C(N)=O)=C(O)[C@@]2(O)C(=O)C3=C(O)c4c(O)ccc(N5CCC5)c4C[C@H]3C[C@@H]12. The second-order valence-electron chi connectivity index (χ2n) is 9.76. The largest absolute Gasteiger partial charge is 0.508 e. The lowest BCUT2D eigenvalue weighted by molar-refractivity contribution is -0.153. The Morgan fingerprint density at radius 2 is 1.85 bits per heavy atom. The second kappa shape index (κ2) is 7.31. The first-order valence-corrected chi connectivity index (χ1v) is 11.2. The van der Waals surface area contributed by atoms with E-state index in [0.29, 0.717) is 12.0 Å². The molecule has 1 aromatic carbocycles. The number of fused-ring (bicyclic) bond motifs is 3. The number of hydrogen-bond donors (Lipinski definition) is 5. The maximum atomic E-state index is 13.8. The van der Waals surface area contributed by atoms with Crippen molar-refractivity contribution in [3.63, 3.8) is 0 Å². The number of aliphatic hydroxyl groups excluding tert-OH is 2. The van der Waals surface area contributed by atoms with E-state index in [4.69, 9.17) is 5.73 Å². The molecule has 1 amide bonds. The Morgan fingerprint density at radius 1 is 1.18 bits per heavy atom. The van der Waals surface area contributed by atoms with Crippen molar-refractivity contribution in [3.8, 4) is 5.75 Å². The smallest absolute Gasteiger partial charge is 0.255 e. The van der Waals surface area contributed by atoms with E-state index >= 15 is 0 Å². The molecule has 3 aliphatic carbocycles. The van der Waals surface area contributed by atoms with Gasteiger partial charge in [0.15, 0.2) is 11.4 Å². The summed E-state index contributed by atoms with van der Waals surface area (Å²) in [6.07, 6.45) is 1.41. The first kappa shape index (κ1) is 22.4. The molecule has 2 fully saturated rings. The molecular formula is C24H27N3O7. The van der Waals surface area contributed by atoms with E-state index in [1.165, 1.54) is 11.0 Å². The summed E-state index contributed by atoms with van der Waals surface area (Å²) in [5.74, 6) is -6.39. The molecule has 6 N–H and O–H groups in total. The fraction of sp³-hybridized carbons (Fsp3) is 0.458. The van der Waals surface area contributed by atoms with Crippen molar-refractivity contribution in [2.24, 2.45) is 17.6 Å². The molecule has 0 spiro atoms. The van der Waals surface area contributed by atoms with Crippen LogP contribution in [0.3, 0.4) is 0 Å². The lowest BCUT2D eigenvalue weighted by Gasteiger charge is -2.50. The van der Waals surface area contributed by atoms with Crippen LogP contribution in [-0.2, 0) is 20.8 Å². The molecule has 0 unspecified atom stereocenters. The molecule has 1 saturated carbocycles. The second-order valence-corrected chi connectivity index (χ2v) is 9.76. The van der Waals surface area contributed by atoms with Gasteiger partial charge < -0.3 is 31.1 Å². The Balaban J connectivity index is 1.72. The summed E-state index contributed by atoms with van der Waals surface area (Å²) in [7, 11) is 3.15. The first-order valence-electron chi connectivity index (χ1n) is 11.2. The number of carbonyl (C=O) groups excluding carboxylic acids is 3. The molecule has 5 rings (SSSR count).